The zero-order valence-corrected chi connectivity index (χ0v) is 13.1. The van der Waals surface area contributed by atoms with Crippen molar-refractivity contribution in [2.75, 3.05) is 43.4 Å². The minimum Gasteiger partial charge on any atom is -0.385 e. The summed E-state index contributed by atoms with van der Waals surface area (Å²) >= 11 is 0. The van der Waals surface area contributed by atoms with Crippen LogP contribution in [0.15, 0.2) is 18.2 Å². The Balaban J connectivity index is 1.59. The van der Waals surface area contributed by atoms with Gasteiger partial charge >= 0.3 is 0 Å². The molecule has 0 aliphatic carbocycles. The number of amides is 1. The van der Waals surface area contributed by atoms with Gasteiger partial charge in [-0.2, -0.15) is 0 Å². The molecule has 2 heterocycles. The second-order valence-corrected chi connectivity index (χ2v) is 6.39. The predicted molar refractivity (Wildman–Crippen MR) is 86.9 cm³/mol. The van der Waals surface area contributed by atoms with Crippen molar-refractivity contribution in [3.8, 4) is 0 Å². The van der Waals surface area contributed by atoms with E-state index >= 15 is 0 Å². The summed E-state index contributed by atoms with van der Waals surface area (Å²) in [6.07, 6.45) is 3.54. The smallest absolute Gasteiger partial charge is 0.223 e. The second-order valence-electron chi connectivity index (χ2n) is 6.39. The van der Waals surface area contributed by atoms with E-state index in [-0.39, 0.29) is 5.91 Å². The Morgan fingerprint density at radius 3 is 2.76 bits per heavy atom. The van der Waals surface area contributed by atoms with Gasteiger partial charge in [0.2, 0.25) is 5.91 Å². The lowest BCUT2D eigenvalue weighted by molar-refractivity contribution is -0.116. The molecule has 1 amide bonds. The standard InChI is InChI=1S/C17H25N3O/c1-13(21)20-10-7-15-11-16(3-4-17(15)20)18-12-14-5-8-19(2)9-6-14/h3-4,11,14,18H,5-10,12H2,1-2H3. The van der Waals surface area contributed by atoms with E-state index in [1.54, 1.807) is 6.92 Å². The van der Waals surface area contributed by atoms with E-state index in [1.165, 1.54) is 37.2 Å². The van der Waals surface area contributed by atoms with Crippen molar-refractivity contribution in [2.45, 2.75) is 26.2 Å². The van der Waals surface area contributed by atoms with Crippen molar-refractivity contribution in [2.24, 2.45) is 5.92 Å². The van der Waals surface area contributed by atoms with Gasteiger partial charge in [0.15, 0.2) is 0 Å². The first kappa shape index (κ1) is 14.4. The fourth-order valence-corrected chi connectivity index (χ4v) is 3.37. The van der Waals surface area contributed by atoms with Gasteiger partial charge in [0.25, 0.3) is 0 Å². The van der Waals surface area contributed by atoms with Crippen LogP contribution in [0.2, 0.25) is 0 Å². The van der Waals surface area contributed by atoms with E-state index in [9.17, 15) is 4.79 Å². The molecule has 1 N–H and O–H groups in total. The third-order valence-corrected chi connectivity index (χ3v) is 4.79. The molecular formula is C17H25N3O. The molecule has 1 aromatic rings. The highest BCUT2D eigenvalue weighted by Gasteiger charge is 2.22. The molecule has 1 saturated heterocycles. The average molecular weight is 287 g/mol. The van der Waals surface area contributed by atoms with E-state index in [0.717, 1.165) is 31.1 Å². The molecule has 114 valence electrons. The molecule has 2 aliphatic heterocycles. The predicted octanol–water partition coefficient (Wildman–Crippen LogP) is 2.35. The molecule has 21 heavy (non-hydrogen) atoms. The van der Waals surface area contributed by atoms with E-state index in [0.29, 0.717) is 0 Å². The lowest BCUT2D eigenvalue weighted by Crippen LogP contribution is -2.32. The molecule has 0 saturated carbocycles. The van der Waals surface area contributed by atoms with Gasteiger partial charge in [0, 0.05) is 31.4 Å². The largest absolute Gasteiger partial charge is 0.385 e. The fraction of sp³-hybridized carbons (Fsp3) is 0.588. The third kappa shape index (κ3) is 3.21. The molecular weight excluding hydrogens is 262 g/mol. The highest BCUT2D eigenvalue weighted by atomic mass is 16.2. The van der Waals surface area contributed by atoms with Crippen molar-refractivity contribution >= 4 is 17.3 Å². The van der Waals surface area contributed by atoms with Gasteiger partial charge in [0.05, 0.1) is 0 Å². The molecule has 0 atom stereocenters. The number of anilines is 2. The molecule has 0 spiro atoms. The minimum absolute atomic E-state index is 0.140. The Kier molecular flexibility index (Phi) is 4.15. The SMILES string of the molecule is CC(=O)N1CCc2cc(NCC3CCN(C)CC3)ccc21. The lowest BCUT2D eigenvalue weighted by atomic mass is 9.97. The van der Waals surface area contributed by atoms with E-state index in [4.69, 9.17) is 0 Å². The summed E-state index contributed by atoms with van der Waals surface area (Å²) in [4.78, 5) is 15.8. The number of hydrogen-bond donors (Lipinski definition) is 1. The van der Waals surface area contributed by atoms with Crippen LogP contribution in [0, 0.1) is 5.92 Å². The summed E-state index contributed by atoms with van der Waals surface area (Å²) in [6.45, 7) is 5.95. The fourth-order valence-electron chi connectivity index (χ4n) is 3.37. The molecule has 2 aliphatic rings. The number of carbonyl (C=O) groups is 1. The number of likely N-dealkylation sites (tertiary alicyclic amines) is 1. The molecule has 1 aromatic carbocycles. The van der Waals surface area contributed by atoms with Gasteiger partial charge in [-0.25, -0.2) is 0 Å². The molecule has 4 heteroatoms. The second kappa shape index (κ2) is 6.06. The van der Waals surface area contributed by atoms with Crippen LogP contribution in [0.25, 0.3) is 0 Å². The maximum absolute atomic E-state index is 11.6. The summed E-state index contributed by atoms with van der Waals surface area (Å²) in [5.41, 5.74) is 3.57. The van der Waals surface area contributed by atoms with Gasteiger partial charge in [-0.05, 0) is 69.1 Å². The molecule has 0 radical (unpaired) electrons. The number of piperidine rings is 1. The van der Waals surface area contributed by atoms with Crippen LogP contribution in [-0.4, -0.2) is 44.0 Å². The number of nitrogens with one attached hydrogen (secondary N) is 1. The van der Waals surface area contributed by atoms with Crippen molar-refractivity contribution in [1.82, 2.24) is 4.90 Å². The van der Waals surface area contributed by atoms with Crippen molar-refractivity contribution in [3.63, 3.8) is 0 Å². The van der Waals surface area contributed by atoms with E-state index in [2.05, 4.69) is 35.5 Å². The Hall–Kier alpha value is -1.55. The maximum atomic E-state index is 11.6. The average Bonchev–Trinajstić information content (AvgIpc) is 2.90. The van der Waals surface area contributed by atoms with Crippen LogP contribution in [0.3, 0.4) is 0 Å². The number of rotatable bonds is 3. The molecule has 0 unspecified atom stereocenters. The van der Waals surface area contributed by atoms with Gasteiger partial charge in [-0.1, -0.05) is 0 Å². The lowest BCUT2D eigenvalue weighted by Gasteiger charge is -2.29. The number of benzene rings is 1. The zero-order valence-electron chi connectivity index (χ0n) is 13.1. The monoisotopic (exact) mass is 287 g/mol. The molecule has 3 rings (SSSR count). The van der Waals surface area contributed by atoms with Crippen LogP contribution in [0.5, 0.6) is 0 Å². The topological polar surface area (TPSA) is 35.6 Å². The minimum atomic E-state index is 0.140. The summed E-state index contributed by atoms with van der Waals surface area (Å²) < 4.78 is 0. The molecule has 0 aromatic heterocycles. The van der Waals surface area contributed by atoms with Gasteiger partial charge < -0.3 is 15.1 Å². The highest BCUT2D eigenvalue weighted by Crippen LogP contribution is 2.30. The van der Waals surface area contributed by atoms with Gasteiger partial charge in [-0.15, -0.1) is 0 Å². The Morgan fingerprint density at radius 2 is 2.05 bits per heavy atom. The zero-order chi connectivity index (χ0) is 14.8. The summed E-state index contributed by atoms with van der Waals surface area (Å²) in [5.74, 6) is 0.920. The number of fused-ring (bicyclic) bond motifs is 1. The first-order valence-corrected chi connectivity index (χ1v) is 7.97. The summed E-state index contributed by atoms with van der Waals surface area (Å²) in [5, 5.41) is 3.58. The number of nitrogens with zero attached hydrogens (tertiary/aromatic N) is 2. The van der Waals surface area contributed by atoms with Gasteiger partial charge in [0.1, 0.15) is 0 Å². The maximum Gasteiger partial charge on any atom is 0.223 e. The normalized spacial score (nSPS) is 19.6. The van der Waals surface area contributed by atoms with Crippen LogP contribution < -0.4 is 10.2 Å². The molecule has 0 bridgehead atoms. The molecule has 4 nitrogen and oxygen atoms in total. The van der Waals surface area contributed by atoms with Crippen LogP contribution in [-0.2, 0) is 11.2 Å². The summed E-state index contributed by atoms with van der Waals surface area (Å²) in [7, 11) is 2.20. The van der Waals surface area contributed by atoms with Crippen molar-refractivity contribution < 1.29 is 4.79 Å². The van der Waals surface area contributed by atoms with Crippen LogP contribution in [0.4, 0.5) is 11.4 Å². The van der Waals surface area contributed by atoms with E-state index < -0.39 is 0 Å². The highest BCUT2D eigenvalue weighted by molar-refractivity contribution is 5.94. The summed E-state index contributed by atoms with van der Waals surface area (Å²) in [6, 6.07) is 6.41. The quantitative estimate of drug-likeness (QED) is 0.927. The Labute approximate surface area is 127 Å². The first-order chi connectivity index (χ1) is 10.1. The van der Waals surface area contributed by atoms with Crippen LogP contribution in [0.1, 0.15) is 25.3 Å². The number of hydrogen-bond acceptors (Lipinski definition) is 3. The third-order valence-electron chi connectivity index (χ3n) is 4.79. The van der Waals surface area contributed by atoms with Crippen molar-refractivity contribution in [3.05, 3.63) is 23.8 Å². The van der Waals surface area contributed by atoms with Crippen molar-refractivity contribution in [1.29, 1.82) is 0 Å². The Bertz CT molecular complexity index is 521. The van der Waals surface area contributed by atoms with Gasteiger partial charge in [-0.3, -0.25) is 4.79 Å². The molecule has 1 fully saturated rings. The number of carbonyl (C=O) groups excluding carboxylic acids is 1. The van der Waals surface area contributed by atoms with Crippen LogP contribution >= 0.6 is 0 Å². The Morgan fingerprint density at radius 1 is 1.29 bits per heavy atom. The first-order valence-electron chi connectivity index (χ1n) is 7.97. The van der Waals surface area contributed by atoms with E-state index in [1.807, 2.05) is 4.90 Å².